The van der Waals surface area contributed by atoms with Crippen LogP contribution in [0.15, 0.2) is 66.7 Å². The summed E-state index contributed by atoms with van der Waals surface area (Å²) < 4.78 is 6.11. The van der Waals surface area contributed by atoms with Gasteiger partial charge in [-0.3, -0.25) is 4.79 Å². The smallest absolute Gasteiger partial charge is 0.220 e. The van der Waals surface area contributed by atoms with Gasteiger partial charge in [-0.2, -0.15) is 0 Å². The van der Waals surface area contributed by atoms with Crippen LogP contribution in [0.4, 0.5) is 5.69 Å². The lowest BCUT2D eigenvalue weighted by Gasteiger charge is -2.18. The summed E-state index contributed by atoms with van der Waals surface area (Å²) in [4.78, 5) is 17.2. The lowest BCUT2D eigenvalue weighted by atomic mass is 9.95. The number of nitrogens with two attached hydrogens (primary N) is 1. The number of aryl methyl sites for hydroxylation is 1. The number of nitrogen functional groups attached to an aromatic ring is 1. The summed E-state index contributed by atoms with van der Waals surface area (Å²) in [5, 5.41) is 4.98. The van der Waals surface area contributed by atoms with Crippen molar-refractivity contribution in [2.75, 3.05) is 5.73 Å². The highest BCUT2D eigenvalue weighted by molar-refractivity contribution is 6.36. The molecule has 0 fully saturated rings. The van der Waals surface area contributed by atoms with E-state index < -0.39 is 0 Å². The molecule has 35 heavy (non-hydrogen) atoms. The van der Waals surface area contributed by atoms with E-state index in [9.17, 15) is 4.79 Å². The van der Waals surface area contributed by atoms with Crippen molar-refractivity contribution in [1.29, 1.82) is 0 Å². The first-order valence-electron chi connectivity index (χ1n) is 11.4. The number of carbonyl (C=O) groups excluding carboxylic acids is 1. The van der Waals surface area contributed by atoms with Crippen molar-refractivity contribution < 1.29 is 9.53 Å². The number of nitrogens with zero attached hydrogens (tertiary/aromatic N) is 1. The summed E-state index contributed by atoms with van der Waals surface area (Å²) in [6, 6.07) is 20.9. The number of aromatic nitrogens is 1. The van der Waals surface area contributed by atoms with Gasteiger partial charge in [0.1, 0.15) is 17.9 Å². The molecule has 0 aliphatic heterocycles. The molecule has 1 amide bonds. The third-order valence-electron chi connectivity index (χ3n) is 5.90. The van der Waals surface area contributed by atoms with Crippen molar-refractivity contribution in [2.45, 2.75) is 39.3 Å². The maximum absolute atomic E-state index is 12.6. The molecular weight excluding hydrogens is 481 g/mol. The van der Waals surface area contributed by atoms with Crippen LogP contribution >= 0.6 is 23.2 Å². The van der Waals surface area contributed by atoms with Gasteiger partial charge in [-0.25, -0.2) is 4.98 Å². The fourth-order valence-corrected chi connectivity index (χ4v) is 4.57. The quantitative estimate of drug-likeness (QED) is 0.256. The van der Waals surface area contributed by atoms with Crippen molar-refractivity contribution in [3.63, 3.8) is 0 Å². The Kier molecular flexibility index (Phi) is 7.79. The molecule has 7 heteroatoms. The summed E-state index contributed by atoms with van der Waals surface area (Å²) in [6.45, 7) is 4.55. The summed E-state index contributed by atoms with van der Waals surface area (Å²) in [5.74, 6) is 0.501. The molecule has 3 aromatic carbocycles. The number of hydrogen-bond donors (Lipinski definition) is 2. The van der Waals surface area contributed by atoms with Crippen LogP contribution < -0.4 is 15.8 Å². The first-order chi connectivity index (χ1) is 16.8. The number of anilines is 1. The lowest BCUT2D eigenvalue weighted by molar-refractivity contribution is -0.121. The van der Waals surface area contributed by atoms with E-state index in [1.54, 1.807) is 6.07 Å². The Morgan fingerprint density at radius 1 is 1.06 bits per heavy atom. The predicted molar refractivity (Wildman–Crippen MR) is 143 cm³/mol. The van der Waals surface area contributed by atoms with Crippen molar-refractivity contribution in [3.8, 4) is 5.75 Å². The number of rotatable bonds is 8. The second-order valence-corrected chi connectivity index (χ2v) is 9.41. The Morgan fingerprint density at radius 3 is 2.60 bits per heavy atom. The molecule has 0 saturated carbocycles. The average Bonchev–Trinajstić information content (AvgIpc) is 2.83. The minimum atomic E-state index is -0.105. The zero-order valence-corrected chi connectivity index (χ0v) is 21.2. The average molecular weight is 508 g/mol. The van der Waals surface area contributed by atoms with E-state index in [-0.39, 0.29) is 18.4 Å². The maximum atomic E-state index is 12.6. The first-order valence-corrected chi connectivity index (χ1v) is 12.1. The highest BCUT2D eigenvalue weighted by atomic mass is 35.5. The Balaban J connectivity index is 1.45. The number of nitrogens with one attached hydrogen (secondary N) is 1. The van der Waals surface area contributed by atoms with Crippen LogP contribution in [-0.2, 0) is 17.9 Å². The summed E-state index contributed by atoms with van der Waals surface area (Å²) in [6.07, 6.45) is 0.295. The number of para-hydroxylation sites is 1. The largest absolute Gasteiger partial charge is 0.487 e. The zero-order chi connectivity index (χ0) is 24.9. The van der Waals surface area contributed by atoms with Gasteiger partial charge in [-0.05, 0) is 54.3 Å². The third kappa shape index (κ3) is 6.05. The van der Waals surface area contributed by atoms with Crippen molar-refractivity contribution in [2.24, 2.45) is 0 Å². The summed E-state index contributed by atoms with van der Waals surface area (Å²) in [7, 11) is 0. The number of pyridine rings is 1. The molecule has 5 nitrogen and oxygen atoms in total. The van der Waals surface area contributed by atoms with Crippen molar-refractivity contribution >= 4 is 45.7 Å². The van der Waals surface area contributed by atoms with Gasteiger partial charge < -0.3 is 15.8 Å². The molecule has 0 radical (unpaired) electrons. The molecule has 0 aliphatic carbocycles. The Morgan fingerprint density at radius 2 is 1.83 bits per heavy atom. The van der Waals surface area contributed by atoms with Crippen molar-refractivity contribution in [1.82, 2.24) is 10.3 Å². The first kappa shape index (κ1) is 24.8. The van der Waals surface area contributed by atoms with E-state index in [0.717, 1.165) is 27.7 Å². The number of carbonyl (C=O) groups is 1. The fourth-order valence-electron chi connectivity index (χ4n) is 3.91. The van der Waals surface area contributed by atoms with E-state index in [1.807, 2.05) is 74.5 Å². The van der Waals surface area contributed by atoms with Crippen LogP contribution in [0.5, 0.6) is 5.75 Å². The second kappa shape index (κ2) is 11.0. The van der Waals surface area contributed by atoms with E-state index in [1.165, 1.54) is 0 Å². The van der Waals surface area contributed by atoms with E-state index in [0.29, 0.717) is 40.0 Å². The number of hydrogen-bond acceptors (Lipinski definition) is 4. The van der Waals surface area contributed by atoms with Crippen LogP contribution in [0.2, 0.25) is 10.0 Å². The van der Waals surface area contributed by atoms with Gasteiger partial charge in [0, 0.05) is 40.3 Å². The van der Waals surface area contributed by atoms with Crippen molar-refractivity contribution in [3.05, 3.63) is 99.2 Å². The summed E-state index contributed by atoms with van der Waals surface area (Å²) in [5.41, 5.74) is 10.6. The molecule has 1 aromatic heterocycles. The molecule has 3 N–H and O–H groups in total. The third-order valence-corrected chi connectivity index (χ3v) is 6.70. The molecule has 4 rings (SSSR count). The highest BCUT2D eigenvalue weighted by Gasteiger charge is 2.19. The Labute approximate surface area is 215 Å². The SMILES string of the molecule is Cc1ccc2cccc(OCc3c(Cl)ccc(C(C)CC(=O)NCc4ccc(N)cc4)c3Cl)c2n1. The van der Waals surface area contributed by atoms with Crippen LogP contribution in [0, 0.1) is 6.92 Å². The highest BCUT2D eigenvalue weighted by Crippen LogP contribution is 2.35. The predicted octanol–water partition coefficient (Wildman–Crippen LogP) is 6.82. The van der Waals surface area contributed by atoms with Crippen LogP contribution in [0.1, 0.15) is 41.6 Å². The molecule has 180 valence electrons. The van der Waals surface area contributed by atoms with E-state index in [4.69, 9.17) is 33.7 Å². The Hall–Kier alpha value is -3.28. The number of amides is 1. The van der Waals surface area contributed by atoms with Crippen LogP contribution in [0.25, 0.3) is 10.9 Å². The van der Waals surface area contributed by atoms with E-state index >= 15 is 0 Å². The molecule has 0 saturated heterocycles. The molecule has 1 atom stereocenters. The lowest BCUT2D eigenvalue weighted by Crippen LogP contribution is -2.24. The van der Waals surface area contributed by atoms with Gasteiger partial charge in [0.15, 0.2) is 0 Å². The second-order valence-electron chi connectivity index (χ2n) is 8.62. The molecule has 1 heterocycles. The van der Waals surface area contributed by atoms with Crippen LogP contribution in [-0.4, -0.2) is 10.9 Å². The topological polar surface area (TPSA) is 77.2 Å². The molecule has 0 bridgehead atoms. The normalized spacial score (nSPS) is 11.9. The number of fused-ring (bicyclic) bond motifs is 1. The number of halogens is 2. The van der Waals surface area contributed by atoms with Crippen LogP contribution in [0.3, 0.4) is 0 Å². The van der Waals surface area contributed by atoms with Gasteiger partial charge >= 0.3 is 0 Å². The zero-order valence-electron chi connectivity index (χ0n) is 19.6. The molecular formula is C28H27Cl2N3O2. The van der Waals surface area contributed by atoms with Gasteiger partial charge in [0.25, 0.3) is 0 Å². The number of ether oxygens (including phenoxy) is 1. The fraction of sp³-hybridized carbons (Fsp3) is 0.214. The molecule has 4 aromatic rings. The number of benzene rings is 3. The minimum absolute atomic E-state index is 0.0599. The standard InChI is InChI=1S/C28H27Cl2N3O2/c1-17(14-26(34)32-15-19-7-10-21(31)11-8-19)22-12-13-24(29)23(27(22)30)16-35-25-5-3-4-20-9-6-18(2)33-28(20)25/h3-13,17H,14-16,31H2,1-2H3,(H,32,34). The van der Waals surface area contributed by atoms with E-state index in [2.05, 4.69) is 10.3 Å². The summed E-state index contributed by atoms with van der Waals surface area (Å²) >= 11 is 13.2. The minimum Gasteiger partial charge on any atom is -0.487 e. The molecule has 0 aliphatic rings. The van der Waals surface area contributed by atoms with Gasteiger partial charge in [-0.1, -0.05) is 66.5 Å². The van der Waals surface area contributed by atoms with Gasteiger partial charge in [0.05, 0.1) is 5.02 Å². The Bertz CT molecular complexity index is 1360. The van der Waals surface area contributed by atoms with Gasteiger partial charge in [-0.15, -0.1) is 0 Å². The maximum Gasteiger partial charge on any atom is 0.220 e. The van der Waals surface area contributed by atoms with Gasteiger partial charge in [0.2, 0.25) is 5.91 Å². The molecule has 1 unspecified atom stereocenters. The molecule has 0 spiro atoms. The monoisotopic (exact) mass is 507 g/mol.